The molecular weight excluding hydrogens is 460 g/mol. The molecule has 9 nitrogen and oxygen atoms in total. The fraction of sp³-hybridized carbons (Fsp3) is 0.444. The number of nitrogens with zero attached hydrogens (tertiary/aromatic N) is 1. The number of benzene rings is 2. The zero-order chi connectivity index (χ0) is 26.3. The summed E-state index contributed by atoms with van der Waals surface area (Å²) < 4.78 is 5.52. The number of hydrogen-bond donors (Lipinski definition) is 4. The first-order valence-corrected chi connectivity index (χ1v) is 12.2. The van der Waals surface area contributed by atoms with E-state index in [1.165, 1.54) is 4.90 Å². The summed E-state index contributed by atoms with van der Waals surface area (Å²) in [7, 11) is 0. The molecule has 5 N–H and O–H groups in total. The molecule has 0 unspecified atom stereocenters. The summed E-state index contributed by atoms with van der Waals surface area (Å²) >= 11 is 0. The van der Waals surface area contributed by atoms with Crippen molar-refractivity contribution in [3.63, 3.8) is 0 Å². The molecule has 3 rings (SSSR count). The fourth-order valence-electron chi connectivity index (χ4n) is 4.21. The Morgan fingerprint density at radius 3 is 2.44 bits per heavy atom. The van der Waals surface area contributed by atoms with Gasteiger partial charge in [0.2, 0.25) is 5.91 Å². The zero-order valence-corrected chi connectivity index (χ0v) is 21.1. The summed E-state index contributed by atoms with van der Waals surface area (Å²) in [5.41, 5.74) is 6.66. The highest BCUT2D eigenvalue weighted by atomic mass is 16.5. The van der Waals surface area contributed by atoms with Crippen LogP contribution in [0, 0.1) is 0 Å². The van der Waals surface area contributed by atoms with Crippen LogP contribution in [-0.2, 0) is 20.8 Å². The molecule has 1 heterocycles. The van der Waals surface area contributed by atoms with Crippen LogP contribution in [-0.4, -0.2) is 64.6 Å². The Morgan fingerprint density at radius 1 is 1.11 bits per heavy atom. The van der Waals surface area contributed by atoms with Crippen LogP contribution in [0.25, 0.3) is 0 Å². The number of hydrogen-bond acceptors (Lipinski definition) is 6. The van der Waals surface area contributed by atoms with Crippen molar-refractivity contribution < 1.29 is 24.2 Å². The van der Waals surface area contributed by atoms with Gasteiger partial charge in [-0.05, 0) is 57.7 Å². The second-order valence-electron chi connectivity index (χ2n) is 10.1. The Bertz CT molecular complexity index is 1050. The summed E-state index contributed by atoms with van der Waals surface area (Å²) in [5, 5.41) is 16.8. The summed E-state index contributed by atoms with van der Waals surface area (Å²) in [5.74, 6) is -0.975. The van der Waals surface area contributed by atoms with Crippen molar-refractivity contribution >= 4 is 23.4 Å². The highest BCUT2D eigenvalue weighted by Gasteiger charge is 2.40. The highest BCUT2D eigenvalue weighted by molar-refractivity contribution is 5.91. The average Bonchev–Trinajstić information content (AvgIpc) is 3.32. The van der Waals surface area contributed by atoms with Gasteiger partial charge in [0, 0.05) is 12.1 Å². The van der Waals surface area contributed by atoms with Gasteiger partial charge in [-0.3, -0.25) is 14.4 Å². The summed E-state index contributed by atoms with van der Waals surface area (Å²) in [6.45, 7) is 5.65. The van der Waals surface area contributed by atoms with Crippen LogP contribution >= 0.6 is 0 Å². The Morgan fingerprint density at radius 2 is 1.78 bits per heavy atom. The third kappa shape index (κ3) is 7.45. The van der Waals surface area contributed by atoms with E-state index in [-0.39, 0.29) is 18.9 Å². The first-order chi connectivity index (χ1) is 17.0. The lowest BCUT2D eigenvalue weighted by molar-refractivity contribution is -0.147. The first-order valence-electron chi connectivity index (χ1n) is 12.2. The molecule has 0 spiro atoms. The van der Waals surface area contributed by atoms with Crippen molar-refractivity contribution in [2.75, 3.05) is 18.9 Å². The molecule has 1 saturated heterocycles. The van der Waals surface area contributed by atoms with Crippen molar-refractivity contribution in [2.24, 2.45) is 0 Å². The molecule has 1 aliphatic heterocycles. The SMILES string of the molecule is CC(C)(C)NC(=O)[C@@H]1CCCN1C(=O)[C@@H](O)[C@H](Cc1ccccc1)NC(=O)COc1ccccc1N. The molecule has 0 aromatic heterocycles. The van der Waals surface area contributed by atoms with E-state index >= 15 is 0 Å². The third-order valence-corrected chi connectivity index (χ3v) is 5.89. The van der Waals surface area contributed by atoms with E-state index in [4.69, 9.17) is 10.5 Å². The van der Waals surface area contributed by atoms with Crippen LogP contribution in [0.2, 0.25) is 0 Å². The summed E-state index contributed by atoms with van der Waals surface area (Å²) in [4.78, 5) is 40.3. The van der Waals surface area contributed by atoms with Crippen molar-refractivity contribution in [1.82, 2.24) is 15.5 Å². The summed E-state index contributed by atoms with van der Waals surface area (Å²) in [6.07, 6.45) is -0.149. The Hall–Kier alpha value is -3.59. The molecule has 0 aliphatic carbocycles. The monoisotopic (exact) mass is 496 g/mol. The van der Waals surface area contributed by atoms with Gasteiger partial charge in [0.15, 0.2) is 12.7 Å². The number of carbonyl (C=O) groups excluding carboxylic acids is 3. The number of carbonyl (C=O) groups is 3. The minimum atomic E-state index is -1.54. The maximum absolute atomic E-state index is 13.4. The Kier molecular flexibility index (Phi) is 8.93. The van der Waals surface area contributed by atoms with E-state index in [0.29, 0.717) is 30.8 Å². The first kappa shape index (κ1) is 27.0. The van der Waals surface area contributed by atoms with Crippen molar-refractivity contribution in [3.05, 3.63) is 60.2 Å². The predicted molar refractivity (Wildman–Crippen MR) is 137 cm³/mol. The van der Waals surface area contributed by atoms with Crippen LogP contribution in [0.3, 0.4) is 0 Å². The smallest absolute Gasteiger partial charge is 0.258 e. The summed E-state index contributed by atoms with van der Waals surface area (Å²) in [6, 6.07) is 14.5. The number of rotatable bonds is 9. The maximum atomic E-state index is 13.4. The average molecular weight is 497 g/mol. The molecule has 3 amide bonds. The van der Waals surface area contributed by atoms with Crippen LogP contribution in [0.5, 0.6) is 5.75 Å². The van der Waals surface area contributed by atoms with Gasteiger partial charge >= 0.3 is 0 Å². The Balaban J connectivity index is 1.72. The van der Waals surface area contributed by atoms with Crippen molar-refractivity contribution in [3.8, 4) is 5.75 Å². The normalized spacial score (nSPS) is 17.2. The van der Waals surface area contributed by atoms with Crippen molar-refractivity contribution in [2.45, 2.75) is 63.8 Å². The quantitative estimate of drug-likeness (QED) is 0.390. The Labute approximate surface area is 212 Å². The number of nitrogens with two attached hydrogens (primary N) is 1. The lowest BCUT2D eigenvalue weighted by Gasteiger charge is -2.32. The van der Waals surface area contributed by atoms with Gasteiger partial charge in [0.1, 0.15) is 11.8 Å². The molecule has 36 heavy (non-hydrogen) atoms. The predicted octanol–water partition coefficient (Wildman–Crippen LogP) is 1.64. The number of nitrogen functional groups attached to an aromatic ring is 1. The van der Waals surface area contributed by atoms with Crippen LogP contribution in [0.1, 0.15) is 39.2 Å². The second kappa shape index (κ2) is 11.9. The minimum Gasteiger partial charge on any atom is -0.482 e. The third-order valence-electron chi connectivity index (χ3n) is 5.89. The fourth-order valence-corrected chi connectivity index (χ4v) is 4.21. The number of anilines is 1. The number of ether oxygens (including phenoxy) is 1. The lowest BCUT2D eigenvalue weighted by atomic mass is 9.99. The number of nitrogens with one attached hydrogen (secondary N) is 2. The van der Waals surface area contributed by atoms with Gasteiger partial charge in [-0.25, -0.2) is 0 Å². The van der Waals surface area contributed by atoms with Gasteiger partial charge in [-0.2, -0.15) is 0 Å². The van der Waals surface area contributed by atoms with Crippen LogP contribution in [0.4, 0.5) is 5.69 Å². The van der Waals surface area contributed by atoms with Crippen LogP contribution < -0.4 is 21.1 Å². The number of para-hydroxylation sites is 2. The van der Waals surface area contributed by atoms with Gasteiger partial charge in [0.05, 0.1) is 11.7 Å². The molecule has 0 radical (unpaired) electrons. The van der Waals surface area contributed by atoms with E-state index in [2.05, 4.69) is 10.6 Å². The lowest BCUT2D eigenvalue weighted by Crippen LogP contribution is -2.57. The van der Waals surface area contributed by atoms with Gasteiger partial charge in [0.25, 0.3) is 11.8 Å². The number of likely N-dealkylation sites (tertiary alicyclic amines) is 1. The van der Waals surface area contributed by atoms with Crippen LogP contribution in [0.15, 0.2) is 54.6 Å². The molecule has 1 aliphatic rings. The number of aliphatic hydroxyl groups excluding tert-OH is 1. The number of amides is 3. The number of aliphatic hydroxyl groups is 1. The van der Waals surface area contributed by atoms with E-state index in [1.807, 2.05) is 51.1 Å². The van der Waals surface area contributed by atoms with Gasteiger partial charge in [-0.15, -0.1) is 0 Å². The highest BCUT2D eigenvalue weighted by Crippen LogP contribution is 2.22. The molecular formula is C27H36N4O5. The van der Waals surface area contributed by atoms with Crippen molar-refractivity contribution in [1.29, 1.82) is 0 Å². The molecule has 0 saturated carbocycles. The topological polar surface area (TPSA) is 134 Å². The van der Waals surface area contributed by atoms with E-state index in [0.717, 1.165) is 5.56 Å². The molecule has 1 fully saturated rings. The largest absolute Gasteiger partial charge is 0.482 e. The zero-order valence-electron chi connectivity index (χ0n) is 21.1. The van der Waals surface area contributed by atoms with Gasteiger partial charge in [-0.1, -0.05) is 42.5 Å². The second-order valence-corrected chi connectivity index (χ2v) is 10.1. The maximum Gasteiger partial charge on any atom is 0.258 e. The standard InChI is InChI=1S/C27H36N4O5/c1-27(2,3)30-25(34)21-13-9-15-31(21)26(35)24(33)20(16-18-10-5-4-6-11-18)29-23(32)17-36-22-14-8-7-12-19(22)28/h4-8,10-12,14,20-21,24,33H,9,13,15-17,28H2,1-3H3,(H,29,32)(H,30,34)/t20-,21-,24-/m0/s1. The van der Waals surface area contributed by atoms with E-state index in [1.54, 1.807) is 24.3 Å². The minimum absolute atomic E-state index is 0.222. The molecule has 2 aromatic rings. The molecule has 9 heteroatoms. The molecule has 3 atom stereocenters. The molecule has 2 aromatic carbocycles. The van der Waals surface area contributed by atoms with E-state index in [9.17, 15) is 19.5 Å². The van der Waals surface area contributed by atoms with E-state index < -0.39 is 35.5 Å². The molecule has 0 bridgehead atoms. The van der Waals surface area contributed by atoms with Gasteiger partial charge < -0.3 is 31.1 Å². The molecule has 194 valence electrons.